The fraction of sp³-hybridized carbons (Fsp3) is 0.615. The molecule has 1 atom stereocenters. The molecular formula is C13H19NO. The van der Waals surface area contributed by atoms with Gasteiger partial charge in [-0.3, -0.25) is 4.98 Å². The van der Waals surface area contributed by atoms with E-state index in [-0.39, 0.29) is 6.10 Å². The predicted octanol–water partition coefficient (Wildman–Crippen LogP) is 3.45. The van der Waals surface area contributed by atoms with E-state index in [0.29, 0.717) is 5.92 Å². The van der Waals surface area contributed by atoms with Crippen LogP contribution in [0.15, 0.2) is 18.3 Å². The van der Waals surface area contributed by atoms with Gasteiger partial charge in [-0.05, 0) is 42.9 Å². The largest absolute Gasteiger partial charge is 0.372 e. The molecule has 0 spiro atoms. The molecule has 2 rings (SSSR count). The van der Waals surface area contributed by atoms with E-state index < -0.39 is 0 Å². The van der Waals surface area contributed by atoms with Crippen molar-refractivity contribution in [2.75, 3.05) is 6.61 Å². The average molecular weight is 205 g/mol. The zero-order valence-electron chi connectivity index (χ0n) is 9.57. The third-order valence-electron chi connectivity index (χ3n) is 2.98. The van der Waals surface area contributed by atoms with E-state index in [9.17, 15) is 0 Å². The molecule has 1 aromatic heterocycles. The first-order valence-corrected chi connectivity index (χ1v) is 5.85. The van der Waals surface area contributed by atoms with Gasteiger partial charge >= 0.3 is 0 Å². The topological polar surface area (TPSA) is 22.1 Å². The van der Waals surface area contributed by atoms with Crippen molar-refractivity contribution in [3.05, 3.63) is 29.6 Å². The third kappa shape index (κ3) is 2.57. The van der Waals surface area contributed by atoms with Crippen molar-refractivity contribution >= 4 is 0 Å². The fourth-order valence-electron chi connectivity index (χ4n) is 1.97. The van der Waals surface area contributed by atoms with Gasteiger partial charge in [-0.2, -0.15) is 0 Å². The summed E-state index contributed by atoms with van der Waals surface area (Å²) in [7, 11) is 0. The maximum atomic E-state index is 5.74. The van der Waals surface area contributed by atoms with Gasteiger partial charge in [0, 0.05) is 12.8 Å². The van der Waals surface area contributed by atoms with Crippen LogP contribution < -0.4 is 0 Å². The van der Waals surface area contributed by atoms with Gasteiger partial charge in [0.05, 0.1) is 11.8 Å². The summed E-state index contributed by atoms with van der Waals surface area (Å²) >= 11 is 0. The van der Waals surface area contributed by atoms with Crippen molar-refractivity contribution in [3.63, 3.8) is 0 Å². The molecule has 82 valence electrons. The minimum atomic E-state index is 0.234. The molecule has 0 amide bonds. The van der Waals surface area contributed by atoms with Crippen LogP contribution >= 0.6 is 0 Å². The van der Waals surface area contributed by atoms with Crippen molar-refractivity contribution in [2.24, 2.45) is 0 Å². The summed E-state index contributed by atoms with van der Waals surface area (Å²) < 4.78 is 5.74. The zero-order valence-corrected chi connectivity index (χ0v) is 9.57. The van der Waals surface area contributed by atoms with E-state index in [2.05, 4.69) is 31.0 Å². The molecule has 0 bridgehead atoms. The lowest BCUT2D eigenvalue weighted by Crippen LogP contribution is -2.13. The quantitative estimate of drug-likeness (QED) is 0.737. The Kier molecular flexibility index (Phi) is 3.37. The second-order valence-corrected chi connectivity index (χ2v) is 4.52. The van der Waals surface area contributed by atoms with Crippen LogP contribution in [-0.4, -0.2) is 11.6 Å². The van der Waals surface area contributed by atoms with Gasteiger partial charge in [0.15, 0.2) is 0 Å². The Morgan fingerprint density at radius 3 is 2.93 bits per heavy atom. The Hall–Kier alpha value is -0.890. The summed E-state index contributed by atoms with van der Waals surface area (Å²) in [5, 5.41) is 0. The highest BCUT2D eigenvalue weighted by Gasteiger charge is 2.17. The Morgan fingerprint density at radius 1 is 1.40 bits per heavy atom. The summed E-state index contributed by atoms with van der Waals surface area (Å²) in [5.74, 6) is 0.565. The molecule has 2 nitrogen and oxygen atoms in total. The van der Waals surface area contributed by atoms with Gasteiger partial charge in [-0.25, -0.2) is 0 Å². The second kappa shape index (κ2) is 4.75. The van der Waals surface area contributed by atoms with Gasteiger partial charge in [-0.1, -0.05) is 13.8 Å². The normalized spacial score (nSPS) is 21.9. The van der Waals surface area contributed by atoms with Crippen molar-refractivity contribution in [2.45, 2.75) is 45.1 Å². The monoisotopic (exact) mass is 205 g/mol. The van der Waals surface area contributed by atoms with Gasteiger partial charge in [0.2, 0.25) is 0 Å². The van der Waals surface area contributed by atoms with Crippen LogP contribution in [0.1, 0.15) is 56.4 Å². The van der Waals surface area contributed by atoms with Crippen molar-refractivity contribution < 1.29 is 4.74 Å². The van der Waals surface area contributed by atoms with Crippen molar-refractivity contribution in [1.82, 2.24) is 4.98 Å². The maximum Gasteiger partial charge on any atom is 0.0994 e. The van der Waals surface area contributed by atoms with Gasteiger partial charge < -0.3 is 4.74 Å². The third-order valence-corrected chi connectivity index (χ3v) is 2.98. The molecule has 1 aliphatic rings. The van der Waals surface area contributed by atoms with Crippen LogP contribution in [-0.2, 0) is 4.74 Å². The lowest BCUT2D eigenvalue weighted by molar-refractivity contribution is 0.0123. The molecule has 0 N–H and O–H groups in total. The number of hydrogen-bond donors (Lipinski definition) is 0. The summed E-state index contributed by atoms with van der Waals surface area (Å²) in [6, 6.07) is 4.29. The molecule has 1 aromatic rings. The summed E-state index contributed by atoms with van der Waals surface area (Å²) in [4.78, 5) is 4.42. The lowest BCUT2D eigenvalue weighted by Gasteiger charge is -2.22. The van der Waals surface area contributed by atoms with Gasteiger partial charge in [0.1, 0.15) is 0 Å². The minimum Gasteiger partial charge on any atom is -0.372 e. The molecule has 1 aliphatic heterocycles. The first kappa shape index (κ1) is 10.6. The molecule has 0 aromatic carbocycles. The molecule has 2 heterocycles. The first-order chi connectivity index (χ1) is 7.27. The molecule has 2 heteroatoms. The van der Waals surface area contributed by atoms with Crippen LogP contribution in [0.5, 0.6) is 0 Å². The van der Waals surface area contributed by atoms with Gasteiger partial charge in [-0.15, -0.1) is 0 Å². The molecule has 0 radical (unpaired) electrons. The number of pyridine rings is 1. The number of nitrogens with zero attached hydrogens (tertiary/aromatic N) is 1. The summed E-state index contributed by atoms with van der Waals surface area (Å²) in [6.07, 6.45) is 5.72. The number of hydrogen-bond acceptors (Lipinski definition) is 2. The summed E-state index contributed by atoms with van der Waals surface area (Å²) in [5.41, 5.74) is 2.47. The van der Waals surface area contributed by atoms with E-state index in [1.165, 1.54) is 18.4 Å². The Bertz CT molecular complexity index is 316. The SMILES string of the molecule is CC(C)c1ccnc([C@H]2CCCCO2)c1. The predicted molar refractivity (Wildman–Crippen MR) is 60.9 cm³/mol. The molecule has 0 aliphatic carbocycles. The van der Waals surface area contributed by atoms with Crippen LogP contribution in [0.2, 0.25) is 0 Å². The zero-order chi connectivity index (χ0) is 10.7. The Labute approximate surface area is 91.7 Å². The molecule has 1 fully saturated rings. The van der Waals surface area contributed by atoms with E-state index >= 15 is 0 Å². The second-order valence-electron chi connectivity index (χ2n) is 4.52. The number of aromatic nitrogens is 1. The summed E-state index contributed by atoms with van der Waals surface area (Å²) in [6.45, 7) is 5.31. The maximum absolute atomic E-state index is 5.74. The van der Waals surface area contributed by atoms with E-state index in [4.69, 9.17) is 4.74 Å². The lowest BCUT2D eigenvalue weighted by atomic mass is 10.00. The molecule has 0 unspecified atom stereocenters. The Morgan fingerprint density at radius 2 is 2.27 bits per heavy atom. The van der Waals surface area contributed by atoms with Crippen LogP contribution in [0.4, 0.5) is 0 Å². The Balaban J connectivity index is 2.16. The minimum absolute atomic E-state index is 0.234. The van der Waals surface area contributed by atoms with E-state index in [1.54, 1.807) is 0 Å². The van der Waals surface area contributed by atoms with E-state index in [0.717, 1.165) is 18.7 Å². The van der Waals surface area contributed by atoms with Crippen LogP contribution in [0.3, 0.4) is 0 Å². The van der Waals surface area contributed by atoms with Gasteiger partial charge in [0.25, 0.3) is 0 Å². The van der Waals surface area contributed by atoms with Crippen LogP contribution in [0, 0.1) is 0 Å². The van der Waals surface area contributed by atoms with Crippen LogP contribution in [0.25, 0.3) is 0 Å². The highest BCUT2D eigenvalue weighted by atomic mass is 16.5. The smallest absolute Gasteiger partial charge is 0.0994 e. The number of rotatable bonds is 2. The van der Waals surface area contributed by atoms with Crippen molar-refractivity contribution in [3.8, 4) is 0 Å². The van der Waals surface area contributed by atoms with E-state index in [1.807, 2.05) is 6.20 Å². The first-order valence-electron chi connectivity index (χ1n) is 5.85. The van der Waals surface area contributed by atoms with Crippen molar-refractivity contribution in [1.29, 1.82) is 0 Å². The highest BCUT2D eigenvalue weighted by molar-refractivity contribution is 5.21. The standard InChI is InChI=1S/C13H19NO/c1-10(2)11-6-7-14-12(9-11)13-5-3-4-8-15-13/h6-7,9-10,13H,3-5,8H2,1-2H3/t13-/m1/s1. The highest BCUT2D eigenvalue weighted by Crippen LogP contribution is 2.27. The molecule has 1 saturated heterocycles. The molecule has 0 saturated carbocycles. The fourth-order valence-corrected chi connectivity index (χ4v) is 1.97. The molecular weight excluding hydrogens is 186 g/mol. The average Bonchev–Trinajstić information content (AvgIpc) is 2.30. The molecule has 15 heavy (non-hydrogen) atoms. The number of ether oxygens (including phenoxy) is 1.